The summed E-state index contributed by atoms with van der Waals surface area (Å²) in [4.78, 5) is 37.0. The van der Waals surface area contributed by atoms with E-state index in [4.69, 9.17) is 8.83 Å². The molecule has 1 atom stereocenters. The number of carboxylic acid groups (broad SMARTS) is 1. The topological polar surface area (TPSA) is 110 Å². The number of thioether (sulfide) groups is 1. The largest absolute Gasteiger partial charge is 0.480 e. The quantitative estimate of drug-likeness (QED) is 0.333. The van der Waals surface area contributed by atoms with Gasteiger partial charge in [0.05, 0.1) is 12.0 Å². The first-order valence-corrected chi connectivity index (χ1v) is 12.7. The van der Waals surface area contributed by atoms with Gasteiger partial charge in [0.1, 0.15) is 23.0 Å². The van der Waals surface area contributed by atoms with Crippen molar-refractivity contribution in [1.29, 1.82) is 0 Å². The summed E-state index contributed by atoms with van der Waals surface area (Å²) in [5.41, 5.74) is 3.99. The highest BCUT2D eigenvalue weighted by Gasteiger charge is 2.24. The summed E-state index contributed by atoms with van der Waals surface area (Å²) >= 11 is 1.50. The van der Waals surface area contributed by atoms with Crippen LogP contribution in [0, 0.1) is 20.8 Å². The molecule has 7 nitrogen and oxygen atoms in total. The number of benzene rings is 2. The third-order valence-electron chi connectivity index (χ3n) is 6.28. The zero-order valence-corrected chi connectivity index (χ0v) is 20.9. The number of fused-ring (bicyclic) bond motifs is 2. The van der Waals surface area contributed by atoms with Crippen molar-refractivity contribution >= 4 is 45.6 Å². The van der Waals surface area contributed by atoms with Crippen LogP contribution in [0.25, 0.3) is 33.1 Å². The van der Waals surface area contributed by atoms with Gasteiger partial charge in [-0.1, -0.05) is 30.3 Å². The lowest BCUT2D eigenvalue weighted by Crippen LogP contribution is -2.42. The Hall–Kier alpha value is -3.52. The van der Waals surface area contributed by atoms with Gasteiger partial charge in [0.2, 0.25) is 5.91 Å². The summed E-state index contributed by atoms with van der Waals surface area (Å²) in [5, 5.41) is 13.5. The summed E-state index contributed by atoms with van der Waals surface area (Å²) in [6.45, 7) is 5.53. The fourth-order valence-corrected chi connectivity index (χ4v) is 4.91. The van der Waals surface area contributed by atoms with Crippen LogP contribution in [0.5, 0.6) is 0 Å². The third-order valence-corrected chi connectivity index (χ3v) is 6.92. The highest BCUT2D eigenvalue weighted by molar-refractivity contribution is 7.98. The van der Waals surface area contributed by atoms with Crippen LogP contribution in [-0.4, -0.2) is 35.0 Å². The highest BCUT2D eigenvalue weighted by Crippen LogP contribution is 2.39. The average molecular weight is 494 g/mol. The van der Waals surface area contributed by atoms with Crippen LogP contribution in [0.15, 0.2) is 50.0 Å². The van der Waals surface area contributed by atoms with Crippen LogP contribution in [0.4, 0.5) is 0 Å². The van der Waals surface area contributed by atoms with Gasteiger partial charge in [0.15, 0.2) is 0 Å². The molecule has 0 fully saturated rings. The fourth-order valence-electron chi connectivity index (χ4n) is 4.44. The Morgan fingerprint density at radius 3 is 2.37 bits per heavy atom. The zero-order valence-electron chi connectivity index (χ0n) is 20.1. The minimum absolute atomic E-state index is 0.212. The number of hydrogen-bond donors (Lipinski definition) is 2. The van der Waals surface area contributed by atoms with Gasteiger partial charge in [0, 0.05) is 21.9 Å². The summed E-state index contributed by atoms with van der Waals surface area (Å²) < 4.78 is 11.8. The molecule has 2 heterocycles. The lowest BCUT2D eigenvalue weighted by Gasteiger charge is -2.15. The molecule has 182 valence electrons. The van der Waals surface area contributed by atoms with E-state index in [0.717, 1.165) is 22.3 Å². The van der Waals surface area contributed by atoms with Crippen LogP contribution in [-0.2, 0) is 16.0 Å². The summed E-state index contributed by atoms with van der Waals surface area (Å²) in [6, 6.07) is 10.8. The molecule has 2 N–H and O–H groups in total. The Kier molecular flexibility index (Phi) is 7.03. The first-order valence-electron chi connectivity index (χ1n) is 11.3. The molecule has 4 aromatic rings. The number of aryl methyl sites for hydroxylation is 3. The Bertz CT molecular complexity index is 1490. The second-order valence-corrected chi connectivity index (χ2v) is 9.55. The van der Waals surface area contributed by atoms with E-state index in [0.29, 0.717) is 39.9 Å². The predicted octanol–water partition coefficient (Wildman–Crippen LogP) is 5.00. The van der Waals surface area contributed by atoms with Gasteiger partial charge in [-0.3, -0.25) is 4.79 Å². The molecule has 2 aromatic carbocycles. The SMILES string of the molecule is CSCC[C@H](NC(=O)Cc1c(C)c2cc3c(-c4ccccc4)c(C)oc3c(C)c2oc1=O)C(=O)O. The maximum Gasteiger partial charge on any atom is 0.340 e. The Morgan fingerprint density at radius 1 is 1.03 bits per heavy atom. The van der Waals surface area contributed by atoms with E-state index in [1.54, 1.807) is 6.92 Å². The van der Waals surface area contributed by atoms with Crippen LogP contribution < -0.4 is 10.9 Å². The van der Waals surface area contributed by atoms with Crippen molar-refractivity contribution in [3.63, 3.8) is 0 Å². The molecule has 0 aliphatic rings. The van der Waals surface area contributed by atoms with E-state index in [2.05, 4.69) is 5.32 Å². The Labute approximate surface area is 206 Å². The molecule has 35 heavy (non-hydrogen) atoms. The van der Waals surface area contributed by atoms with Gasteiger partial charge < -0.3 is 19.3 Å². The summed E-state index contributed by atoms with van der Waals surface area (Å²) in [6.07, 6.45) is 1.90. The maximum absolute atomic E-state index is 12.9. The number of furan rings is 1. The molecular formula is C27H27NO6S. The predicted molar refractivity (Wildman–Crippen MR) is 138 cm³/mol. The van der Waals surface area contributed by atoms with Gasteiger partial charge >= 0.3 is 11.6 Å². The minimum Gasteiger partial charge on any atom is -0.480 e. The van der Waals surface area contributed by atoms with E-state index in [1.165, 1.54) is 11.8 Å². The van der Waals surface area contributed by atoms with E-state index < -0.39 is 23.5 Å². The second kappa shape index (κ2) is 10.00. The van der Waals surface area contributed by atoms with E-state index in [9.17, 15) is 19.5 Å². The van der Waals surface area contributed by atoms with Crippen molar-refractivity contribution in [2.24, 2.45) is 0 Å². The van der Waals surface area contributed by atoms with Crippen LogP contribution >= 0.6 is 11.8 Å². The Balaban J connectivity index is 1.79. The molecule has 0 aliphatic carbocycles. The smallest absolute Gasteiger partial charge is 0.340 e. The number of hydrogen-bond acceptors (Lipinski definition) is 6. The van der Waals surface area contributed by atoms with Crippen molar-refractivity contribution in [1.82, 2.24) is 5.32 Å². The fraction of sp³-hybridized carbons (Fsp3) is 0.296. The molecule has 8 heteroatoms. The number of carbonyl (C=O) groups excluding carboxylic acids is 1. The van der Waals surface area contributed by atoms with Crippen LogP contribution in [0.3, 0.4) is 0 Å². The molecule has 0 saturated carbocycles. The van der Waals surface area contributed by atoms with E-state index >= 15 is 0 Å². The number of carbonyl (C=O) groups is 2. The molecular weight excluding hydrogens is 466 g/mol. The van der Waals surface area contributed by atoms with Gasteiger partial charge in [-0.2, -0.15) is 11.8 Å². The molecule has 1 amide bonds. The normalized spacial score (nSPS) is 12.2. The molecule has 0 spiro atoms. The van der Waals surface area contributed by atoms with Crippen molar-refractivity contribution in [3.05, 3.63) is 69.3 Å². The Morgan fingerprint density at radius 2 is 1.71 bits per heavy atom. The molecule has 0 radical (unpaired) electrons. The first kappa shape index (κ1) is 24.6. The van der Waals surface area contributed by atoms with Crippen LogP contribution in [0.1, 0.15) is 28.9 Å². The van der Waals surface area contributed by atoms with Crippen molar-refractivity contribution in [2.45, 2.75) is 39.7 Å². The maximum atomic E-state index is 12.9. The number of carboxylic acids is 1. The number of rotatable bonds is 8. The molecule has 0 bridgehead atoms. The molecule has 0 aliphatic heterocycles. The molecule has 4 rings (SSSR count). The summed E-state index contributed by atoms with van der Waals surface area (Å²) in [5.74, 6) is -0.279. The number of nitrogens with one attached hydrogen (secondary N) is 1. The van der Waals surface area contributed by atoms with Gasteiger partial charge in [-0.05, 0) is 56.4 Å². The van der Waals surface area contributed by atoms with Crippen molar-refractivity contribution in [2.75, 3.05) is 12.0 Å². The van der Waals surface area contributed by atoms with E-state index in [1.807, 2.05) is 56.5 Å². The van der Waals surface area contributed by atoms with Gasteiger partial charge in [-0.25, -0.2) is 9.59 Å². The van der Waals surface area contributed by atoms with Crippen molar-refractivity contribution in [3.8, 4) is 11.1 Å². The molecule has 0 saturated heterocycles. The lowest BCUT2D eigenvalue weighted by molar-refractivity contribution is -0.141. The second-order valence-electron chi connectivity index (χ2n) is 8.56. The molecule has 0 unspecified atom stereocenters. The number of aliphatic carboxylic acids is 1. The van der Waals surface area contributed by atoms with Crippen molar-refractivity contribution < 1.29 is 23.5 Å². The van der Waals surface area contributed by atoms with E-state index in [-0.39, 0.29) is 12.0 Å². The highest BCUT2D eigenvalue weighted by atomic mass is 32.2. The van der Waals surface area contributed by atoms with Gasteiger partial charge in [-0.15, -0.1) is 0 Å². The zero-order chi connectivity index (χ0) is 25.3. The summed E-state index contributed by atoms with van der Waals surface area (Å²) in [7, 11) is 0. The molecule has 2 aromatic heterocycles. The number of amides is 1. The minimum atomic E-state index is -1.10. The third kappa shape index (κ3) is 4.71. The lowest BCUT2D eigenvalue weighted by atomic mass is 9.96. The monoisotopic (exact) mass is 493 g/mol. The standard InChI is InChI=1S/C27H27NO6S/c1-14-18-12-20-23(17-8-6-5-7-9-17)16(3)33-25(20)15(2)24(18)34-27(32)19(14)13-22(29)28-21(26(30)31)10-11-35-4/h5-9,12,21H,10-11,13H2,1-4H3,(H,28,29)(H,30,31)/t21-/m0/s1. The first-order chi connectivity index (χ1) is 16.7. The average Bonchev–Trinajstić information content (AvgIpc) is 3.17. The van der Waals surface area contributed by atoms with Gasteiger partial charge in [0.25, 0.3) is 0 Å². The van der Waals surface area contributed by atoms with Crippen LogP contribution in [0.2, 0.25) is 0 Å².